The van der Waals surface area contributed by atoms with Crippen molar-refractivity contribution in [2.75, 3.05) is 18.5 Å². The monoisotopic (exact) mass is 276 g/mol. The minimum atomic E-state index is -0.169. The van der Waals surface area contributed by atoms with E-state index in [2.05, 4.69) is 12.2 Å². The first kappa shape index (κ1) is 14.6. The summed E-state index contributed by atoms with van der Waals surface area (Å²) in [6, 6.07) is 8.97. The Morgan fingerprint density at radius 2 is 2.10 bits per heavy atom. The molecule has 0 unspecified atom stereocenters. The van der Waals surface area contributed by atoms with Gasteiger partial charge in [0.05, 0.1) is 12.8 Å². The fourth-order valence-electron chi connectivity index (χ4n) is 2.19. The maximum absolute atomic E-state index is 14.0. The third-order valence-corrected chi connectivity index (χ3v) is 3.21. The number of rotatable bonds is 7. The number of furan rings is 1. The molecule has 0 saturated heterocycles. The minimum Gasteiger partial charge on any atom is -0.467 e. The normalized spacial score (nSPS) is 10.8. The van der Waals surface area contributed by atoms with Crippen LogP contribution >= 0.6 is 0 Å². The maximum atomic E-state index is 14.0. The van der Waals surface area contributed by atoms with Gasteiger partial charge in [-0.15, -0.1) is 0 Å². The van der Waals surface area contributed by atoms with Gasteiger partial charge in [-0.2, -0.15) is 0 Å². The lowest BCUT2D eigenvalue weighted by Crippen LogP contribution is -2.22. The van der Waals surface area contributed by atoms with E-state index in [1.807, 2.05) is 30.1 Å². The molecule has 1 N–H and O–H groups in total. The second-order valence-corrected chi connectivity index (χ2v) is 4.85. The van der Waals surface area contributed by atoms with Gasteiger partial charge in [0.15, 0.2) is 0 Å². The zero-order valence-corrected chi connectivity index (χ0v) is 12.0. The third-order valence-electron chi connectivity index (χ3n) is 3.21. The molecule has 2 rings (SSSR count). The summed E-state index contributed by atoms with van der Waals surface area (Å²) in [6.07, 6.45) is 2.69. The predicted molar refractivity (Wildman–Crippen MR) is 79.2 cm³/mol. The summed E-state index contributed by atoms with van der Waals surface area (Å²) < 4.78 is 19.4. The molecule has 0 amide bonds. The van der Waals surface area contributed by atoms with Crippen LogP contribution in [-0.2, 0) is 13.1 Å². The van der Waals surface area contributed by atoms with Crippen molar-refractivity contribution in [1.29, 1.82) is 0 Å². The number of nitrogens with one attached hydrogen (secondary N) is 1. The van der Waals surface area contributed by atoms with E-state index < -0.39 is 0 Å². The average molecular weight is 276 g/mol. The number of halogens is 1. The summed E-state index contributed by atoms with van der Waals surface area (Å²) >= 11 is 0. The molecule has 1 heterocycles. The van der Waals surface area contributed by atoms with Gasteiger partial charge in [0.1, 0.15) is 11.6 Å². The van der Waals surface area contributed by atoms with Crippen molar-refractivity contribution in [2.45, 2.75) is 26.4 Å². The van der Waals surface area contributed by atoms with Crippen molar-refractivity contribution in [3.8, 4) is 0 Å². The molecular weight excluding hydrogens is 255 g/mol. The van der Waals surface area contributed by atoms with Gasteiger partial charge in [-0.25, -0.2) is 4.39 Å². The van der Waals surface area contributed by atoms with Gasteiger partial charge in [0.2, 0.25) is 0 Å². The van der Waals surface area contributed by atoms with Crippen molar-refractivity contribution in [3.05, 3.63) is 53.7 Å². The second-order valence-electron chi connectivity index (χ2n) is 4.85. The molecule has 0 radical (unpaired) electrons. The lowest BCUT2D eigenvalue weighted by molar-refractivity contribution is 0.506. The summed E-state index contributed by atoms with van der Waals surface area (Å²) in [7, 11) is 1.95. The van der Waals surface area contributed by atoms with Crippen LogP contribution in [0.3, 0.4) is 0 Å². The Morgan fingerprint density at radius 1 is 1.25 bits per heavy atom. The Bertz CT molecular complexity index is 525. The van der Waals surface area contributed by atoms with Crippen LogP contribution in [0.2, 0.25) is 0 Å². The van der Waals surface area contributed by atoms with Gasteiger partial charge < -0.3 is 14.6 Å². The molecule has 20 heavy (non-hydrogen) atoms. The zero-order chi connectivity index (χ0) is 14.4. The Labute approximate surface area is 119 Å². The molecule has 0 atom stereocenters. The molecule has 4 heteroatoms. The zero-order valence-electron chi connectivity index (χ0n) is 12.0. The van der Waals surface area contributed by atoms with Crippen LogP contribution in [0.25, 0.3) is 0 Å². The maximum Gasteiger partial charge on any atom is 0.129 e. The first-order valence-corrected chi connectivity index (χ1v) is 6.94. The molecule has 0 fully saturated rings. The van der Waals surface area contributed by atoms with Crippen LogP contribution in [0.4, 0.5) is 10.1 Å². The van der Waals surface area contributed by atoms with Gasteiger partial charge >= 0.3 is 0 Å². The Hall–Kier alpha value is -1.81. The van der Waals surface area contributed by atoms with Crippen LogP contribution in [0.5, 0.6) is 0 Å². The first-order valence-electron chi connectivity index (χ1n) is 6.94. The molecule has 0 aliphatic carbocycles. The molecule has 0 bridgehead atoms. The van der Waals surface area contributed by atoms with Crippen molar-refractivity contribution in [1.82, 2.24) is 5.32 Å². The number of hydrogen-bond donors (Lipinski definition) is 1. The average Bonchev–Trinajstić information content (AvgIpc) is 2.93. The first-order chi connectivity index (χ1) is 9.72. The highest BCUT2D eigenvalue weighted by molar-refractivity contribution is 5.53. The summed E-state index contributed by atoms with van der Waals surface area (Å²) in [6.45, 7) is 4.14. The molecule has 1 aromatic heterocycles. The van der Waals surface area contributed by atoms with Crippen molar-refractivity contribution >= 4 is 5.69 Å². The van der Waals surface area contributed by atoms with Gasteiger partial charge in [0.25, 0.3) is 0 Å². The van der Waals surface area contributed by atoms with E-state index in [-0.39, 0.29) is 5.82 Å². The highest BCUT2D eigenvalue weighted by Gasteiger charge is 2.12. The third kappa shape index (κ3) is 3.61. The van der Waals surface area contributed by atoms with E-state index in [4.69, 9.17) is 4.42 Å². The van der Waals surface area contributed by atoms with Crippen LogP contribution in [0.1, 0.15) is 24.7 Å². The largest absolute Gasteiger partial charge is 0.467 e. The van der Waals surface area contributed by atoms with Crippen molar-refractivity contribution < 1.29 is 8.81 Å². The molecule has 2 aromatic rings. The fourth-order valence-corrected chi connectivity index (χ4v) is 2.19. The molecule has 0 spiro atoms. The molecular formula is C16H21FN2O. The van der Waals surface area contributed by atoms with Gasteiger partial charge in [-0.3, -0.25) is 0 Å². The topological polar surface area (TPSA) is 28.4 Å². The van der Waals surface area contributed by atoms with Gasteiger partial charge in [0, 0.05) is 24.8 Å². The predicted octanol–water partition coefficient (Wildman–Crippen LogP) is 3.55. The SMILES string of the molecule is CCCNCc1c(F)cccc1N(C)Cc1ccco1. The van der Waals surface area contributed by atoms with Crippen LogP contribution in [0, 0.1) is 5.82 Å². The second kappa shape index (κ2) is 7.10. The Morgan fingerprint density at radius 3 is 2.80 bits per heavy atom. The Kier molecular flexibility index (Phi) is 5.18. The summed E-state index contributed by atoms with van der Waals surface area (Å²) in [5.74, 6) is 0.696. The number of hydrogen-bond acceptors (Lipinski definition) is 3. The van der Waals surface area contributed by atoms with Crippen LogP contribution < -0.4 is 10.2 Å². The van der Waals surface area contributed by atoms with Crippen molar-refractivity contribution in [3.63, 3.8) is 0 Å². The van der Waals surface area contributed by atoms with E-state index in [1.54, 1.807) is 12.3 Å². The van der Waals surface area contributed by atoms with Crippen LogP contribution in [0.15, 0.2) is 41.0 Å². The minimum absolute atomic E-state index is 0.169. The van der Waals surface area contributed by atoms with E-state index >= 15 is 0 Å². The highest BCUT2D eigenvalue weighted by Crippen LogP contribution is 2.23. The van der Waals surface area contributed by atoms with Gasteiger partial charge in [-0.05, 0) is 37.2 Å². The molecule has 108 valence electrons. The summed E-state index contributed by atoms with van der Waals surface area (Å²) in [5.41, 5.74) is 1.60. The molecule has 0 aliphatic heterocycles. The van der Waals surface area contributed by atoms with E-state index in [0.717, 1.165) is 24.4 Å². The number of benzene rings is 1. The molecule has 0 aliphatic rings. The van der Waals surface area contributed by atoms with E-state index in [0.29, 0.717) is 18.7 Å². The summed E-state index contributed by atoms with van der Waals surface area (Å²) in [5, 5.41) is 3.26. The molecule has 3 nitrogen and oxygen atoms in total. The lowest BCUT2D eigenvalue weighted by Gasteiger charge is -2.22. The fraction of sp³-hybridized carbons (Fsp3) is 0.375. The van der Waals surface area contributed by atoms with Crippen LogP contribution in [-0.4, -0.2) is 13.6 Å². The highest BCUT2D eigenvalue weighted by atomic mass is 19.1. The number of nitrogens with zero attached hydrogens (tertiary/aromatic N) is 1. The lowest BCUT2D eigenvalue weighted by atomic mass is 10.1. The van der Waals surface area contributed by atoms with Crippen molar-refractivity contribution in [2.24, 2.45) is 0 Å². The number of anilines is 1. The molecule has 0 saturated carbocycles. The Balaban J connectivity index is 2.14. The summed E-state index contributed by atoms with van der Waals surface area (Å²) in [4.78, 5) is 2.00. The smallest absolute Gasteiger partial charge is 0.129 e. The van der Waals surface area contributed by atoms with Gasteiger partial charge in [-0.1, -0.05) is 13.0 Å². The van der Waals surface area contributed by atoms with E-state index in [9.17, 15) is 4.39 Å². The molecule has 1 aromatic carbocycles. The quantitative estimate of drug-likeness (QED) is 0.784. The van der Waals surface area contributed by atoms with E-state index in [1.165, 1.54) is 6.07 Å². The standard InChI is InChI=1S/C16H21FN2O/c1-3-9-18-11-14-15(17)7-4-8-16(14)19(2)12-13-6-5-10-20-13/h4-8,10,18H,3,9,11-12H2,1-2H3.